The summed E-state index contributed by atoms with van der Waals surface area (Å²) in [5, 5.41) is 2.78. The Morgan fingerprint density at radius 3 is 2.43 bits per heavy atom. The van der Waals surface area contributed by atoms with E-state index in [1.165, 1.54) is 14.2 Å². The van der Waals surface area contributed by atoms with E-state index in [0.29, 0.717) is 27.8 Å². The number of benzene rings is 2. The van der Waals surface area contributed by atoms with E-state index in [1.807, 2.05) is 0 Å². The Bertz CT molecular complexity index is 1050. The Morgan fingerprint density at radius 2 is 1.75 bits per heavy atom. The predicted octanol–water partition coefficient (Wildman–Crippen LogP) is 4.81. The third-order valence-electron chi connectivity index (χ3n) is 3.92. The molecule has 0 saturated heterocycles. The number of carbonyl (C=O) groups excluding carboxylic acids is 1. The molecule has 1 amide bonds. The van der Waals surface area contributed by atoms with Gasteiger partial charge < -0.3 is 14.8 Å². The van der Waals surface area contributed by atoms with E-state index in [2.05, 4.69) is 10.3 Å². The predicted molar refractivity (Wildman–Crippen MR) is 99.7 cm³/mol. The fraction of sp³-hybridized carbons (Fsp3) is 0.158. The highest BCUT2D eigenvalue weighted by molar-refractivity contribution is 7.17. The van der Waals surface area contributed by atoms with E-state index in [0.717, 1.165) is 23.5 Å². The number of aryl methyl sites for hydroxylation is 1. The Kier molecular flexibility index (Phi) is 5.55. The summed E-state index contributed by atoms with van der Waals surface area (Å²) in [5.74, 6) is -4.07. The summed E-state index contributed by atoms with van der Waals surface area (Å²) in [7, 11) is 3.02. The van der Waals surface area contributed by atoms with E-state index in [-0.39, 0.29) is 4.88 Å². The van der Waals surface area contributed by atoms with Crippen molar-refractivity contribution >= 4 is 22.9 Å². The number of rotatable bonds is 5. The summed E-state index contributed by atoms with van der Waals surface area (Å²) >= 11 is 1.08. The molecule has 1 aromatic heterocycles. The molecular weight excluding hydrogens is 393 g/mol. The van der Waals surface area contributed by atoms with E-state index < -0.39 is 29.0 Å². The van der Waals surface area contributed by atoms with Crippen LogP contribution < -0.4 is 14.8 Å². The molecule has 28 heavy (non-hydrogen) atoms. The molecule has 9 heteroatoms. The molecule has 0 atom stereocenters. The minimum Gasteiger partial charge on any atom is -0.493 e. The summed E-state index contributed by atoms with van der Waals surface area (Å²) in [6.07, 6.45) is 0. The molecule has 0 bridgehead atoms. The number of nitrogens with zero attached hydrogens (tertiary/aromatic N) is 1. The van der Waals surface area contributed by atoms with Crippen molar-refractivity contribution in [2.75, 3.05) is 19.5 Å². The minimum absolute atomic E-state index is 0.217. The molecule has 0 fully saturated rings. The van der Waals surface area contributed by atoms with Crippen LogP contribution >= 0.6 is 11.3 Å². The first-order chi connectivity index (χ1) is 13.3. The summed E-state index contributed by atoms with van der Waals surface area (Å²) in [6.45, 7) is 1.62. The Hall–Kier alpha value is -3.07. The fourth-order valence-electron chi connectivity index (χ4n) is 2.50. The van der Waals surface area contributed by atoms with Gasteiger partial charge in [-0.1, -0.05) is 0 Å². The van der Waals surface area contributed by atoms with Crippen molar-refractivity contribution in [1.29, 1.82) is 0 Å². The number of anilines is 1. The summed E-state index contributed by atoms with van der Waals surface area (Å²) in [6, 6.07) is 6.88. The van der Waals surface area contributed by atoms with Gasteiger partial charge in [-0.2, -0.15) is 0 Å². The molecule has 0 aliphatic carbocycles. The number of thiazole rings is 1. The van der Waals surface area contributed by atoms with Gasteiger partial charge in [-0.3, -0.25) is 4.79 Å². The first-order valence-corrected chi connectivity index (χ1v) is 8.82. The number of nitrogens with one attached hydrogen (secondary N) is 1. The molecule has 2 aromatic carbocycles. The van der Waals surface area contributed by atoms with Gasteiger partial charge in [0.25, 0.3) is 5.91 Å². The Balaban J connectivity index is 1.90. The van der Waals surface area contributed by atoms with Crippen molar-refractivity contribution in [2.24, 2.45) is 0 Å². The zero-order chi connectivity index (χ0) is 20.4. The molecular formula is C19H15F3N2O3S. The molecule has 3 aromatic rings. The van der Waals surface area contributed by atoms with Crippen molar-refractivity contribution in [3.05, 3.63) is 58.4 Å². The van der Waals surface area contributed by atoms with Crippen molar-refractivity contribution in [2.45, 2.75) is 6.92 Å². The lowest BCUT2D eigenvalue weighted by Gasteiger charge is -2.08. The molecule has 0 spiro atoms. The third-order valence-corrected chi connectivity index (χ3v) is 5.12. The van der Waals surface area contributed by atoms with Crippen molar-refractivity contribution in [3.8, 4) is 22.1 Å². The van der Waals surface area contributed by atoms with Gasteiger partial charge in [0.1, 0.15) is 9.88 Å². The maximum Gasteiger partial charge on any atom is 0.267 e. The number of aromatic nitrogens is 1. The molecule has 1 heterocycles. The van der Waals surface area contributed by atoms with Crippen molar-refractivity contribution in [3.63, 3.8) is 0 Å². The number of amides is 1. The average Bonchev–Trinajstić information content (AvgIpc) is 3.09. The summed E-state index contributed by atoms with van der Waals surface area (Å²) in [4.78, 5) is 17.1. The molecule has 1 N–H and O–H groups in total. The van der Waals surface area contributed by atoms with Crippen LogP contribution in [0.1, 0.15) is 15.4 Å². The lowest BCUT2D eigenvalue weighted by molar-refractivity contribution is 0.102. The third kappa shape index (κ3) is 3.65. The Labute approximate surface area is 162 Å². The van der Waals surface area contributed by atoms with Gasteiger partial charge in [0, 0.05) is 5.56 Å². The van der Waals surface area contributed by atoms with Crippen LogP contribution in [0.25, 0.3) is 10.6 Å². The molecule has 5 nitrogen and oxygen atoms in total. The molecule has 0 aliphatic heterocycles. The smallest absolute Gasteiger partial charge is 0.267 e. The number of carbonyl (C=O) groups is 1. The van der Waals surface area contributed by atoms with Gasteiger partial charge in [0.2, 0.25) is 0 Å². The van der Waals surface area contributed by atoms with Crippen LogP contribution in [0, 0.1) is 24.4 Å². The van der Waals surface area contributed by atoms with Crippen LogP contribution in [0.3, 0.4) is 0 Å². The van der Waals surface area contributed by atoms with Crippen LogP contribution in [0.4, 0.5) is 18.9 Å². The highest BCUT2D eigenvalue weighted by Crippen LogP contribution is 2.35. The molecule has 0 unspecified atom stereocenters. The highest BCUT2D eigenvalue weighted by Gasteiger charge is 2.20. The Morgan fingerprint density at radius 1 is 1.04 bits per heavy atom. The SMILES string of the molecule is COc1ccc(-c2nc(C)c(C(=O)Nc3ccc(F)c(F)c3F)s2)cc1OC. The normalized spacial score (nSPS) is 10.6. The zero-order valence-corrected chi connectivity index (χ0v) is 15.9. The second-order valence-corrected chi connectivity index (χ2v) is 6.68. The number of ether oxygens (including phenoxy) is 2. The van der Waals surface area contributed by atoms with Gasteiger partial charge in [-0.05, 0) is 37.3 Å². The van der Waals surface area contributed by atoms with Crippen LogP contribution in [-0.2, 0) is 0 Å². The van der Waals surface area contributed by atoms with Crippen LogP contribution in [0.2, 0.25) is 0 Å². The van der Waals surface area contributed by atoms with Gasteiger partial charge in [-0.25, -0.2) is 18.2 Å². The van der Waals surface area contributed by atoms with Gasteiger partial charge >= 0.3 is 0 Å². The van der Waals surface area contributed by atoms with Gasteiger partial charge in [0.15, 0.2) is 29.0 Å². The largest absolute Gasteiger partial charge is 0.493 e. The lowest BCUT2D eigenvalue weighted by atomic mass is 10.2. The first kappa shape index (κ1) is 19.7. The number of hydrogen-bond acceptors (Lipinski definition) is 5. The molecule has 3 rings (SSSR count). The second kappa shape index (κ2) is 7.89. The zero-order valence-electron chi connectivity index (χ0n) is 15.1. The quantitative estimate of drug-likeness (QED) is 0.616. The maximum atomic E-state index is 13.8. The highest BCUT2D eigenvalue weighted by atomic mass is 32.1. The van der Waals surface area contributed by atoms with Crippen molar-refractivity contribution < 1.29 is 27.4 Å². The molecule has 146 valence electrons. The van der Waals surface area contributed by atoms with Crippen LogP contribution in [0.5, 0.6) is 11.5 Å². The van der Waals surface area contributed by atoms with E-state index in [9.17, 15) is 18.0 Å². The number of methoxy groups -OCH3 is 2. The topological polar surface area (TPSA) is 60.5 Å². The maximum absolute atomic E-state index is 13.8. The average molecular weight is 408 g/mol. The summed E-state index contributed by atoms with van der Waals surface area (Å²) < 4.78 is 50.6. The molecule has 0 saturated carbocycles. The monoisotopic (exact) mass is 408 g/mol. The number of hydrogen-bond donors (Lipinski definition) is 1. The van der Waals surface area contributed by atoms with Crippen LogP contribution in [-0.4, -0.2) is 25.1 Å². The van der Waals surface area contributed by atoms with Crippen molar-refractivity contribution in [1.82, 2.24) is 4.98 Å². The van der Waals surface area contributed by atoms with E-state index in [1.54, 1.807) is 25.1 Å². The van der Waals surface area contributed by atoms with Crippen LogP contribution in [0.15, 0.2) is 30.3 Å². The lowest BCUT2D eigenvalue weighted by Crippen LogP contribution is -2.13. The van der Waals surface area contributed by atoms with Gasteiger partial charge in [0.05, 0.1) is 25.6 Å². The standard InChI is InChI=1S/C19H15F3N2O3S/c1-9-17(18(25)24-12-6-5-11(20)15(21)16(12)22)28-19(23-9)10-4-7-13(26-2)14(8-10)27-3/h4-8H,1-3H3,(H,24,25). The van der Waals surface area contributed by atoms with E-state index >= 15 is 0 Å². The number of halogens is 3. The summed E-state index contributed by atoms with van der Waals surface area (Å²) in [5.41, 5.74) is 0.656. The molecule has 0 radical (unpaired) electrons. The van der Waals surface area contributed by atoms with Gasteiger partial charge in [-0.15, -0.1) is 11.3 Å². The minimum atomic E-state index is -1.65. The van der Waals surface area contributed by atoms with E-state index in [4.69, 9.17) is 9.47 Å². The fourth-order valence-corrected chi connectivity index (χ4v) is 3.46. The molecule has 0 aliphatic rings. The first-order valence-electron chi connectivity index (χ1n) is 8.00. The second-order valence-electron chi connectivity index (χ2n) is 5.68.